The lowest BCUT2D eigenvalue weighted by Crippen LogP contribution is -2.44. The molecule has 0 rings (SSSR count). The highest BCUT2D eigenvalue weighted by atomic mass is 32.3. The lowest BCUT2D eigenvalue weighted by atomic mass is 10.1. The van der Waals surface area contributed by atoms with Crippen LogP contribution >= 0.6 is 7.82 Å². The molecule has 13 heteroatoms. The van der Waals surface area contributed by atoms with Crippen molar-refractivity contribution < 1.29 is 51.0 Å². The minimum absolute atomic E-state index is 0.270. The van der Waals surface area contributed by atoms with E-state index in [2.05, 4.69) is 8.71 Å². The molecule has 11 nitrogen and oxygen atoms in total. The Morgan fingerprint density at radius 3 is 2.11 bits per heavy atom. The zero-order valence-electron chi connectivity index (χ0n) is 8.56. The van der Waals surface area contributed by atoms with Gasteiger partial charge in [0.2, 0.25) is 0 Å². The Bertz CT molecular complexity index is 411. The second-order valence-corrected chi connectivity index (χ2v) is 5.18. The van der Waals surface area contributed by atoms with E-state index in [4.69, 9.17) is 24.6 Å². The number of hydrogen-bond donors (Lipinski definition) is 5. The van der Waals surface area contributed by atoms with Crippen LogP contribution in [0.2, 0.25) is 0 Å². The Morgan fingerprint density at radius 2 is 1.83 bits per heavy atom. The summed E-state index contributed by atoms with van der Waals surface area (Å²) in [6.07, 6.45) is -6.77. The highest BCUT2D eigenvalue weighted by molar-refractivity contribution is 7.80. The molecule has 3 atom stereocenters. The fraction of sp³-hybridized carbons (Fsp3) is 0.800. The first-order chi connectivity index (χ1) is 8.00. The summed E-state index contributed by atoms with van der Waals surface area (Å²) in [5.41, 5.74) is 0. The molecule has 0 bridgehead atoms. The molecule has 18 heavy (non-hydrogen) atoms. The summed E-state index contributed by atoms with van der Waals surface area (Å²) in [5, 5.41) is 17.7. The predicted molar refractivity (Wildman–Crippen MR) is 52.5 cm³/mol. The van der Waals surface area contributed by atoms with E-state index in [0.29, 0.717) is 0 Å². The third-order valence-corrected chi connectivity index (χ3v) is 2.50. The van der Waals surface area contributed by atoms with Crippen molar-refractivity contribution in [3.05, 3.63) is 0 Å². The molecule has 0 unspecified atom stereocenters. The lowest BCUT2D eigenvalue weighted by molar-refractivity contribution is -0.124. The molecular weight excluding hydrogens is 299 g/mol. The average molecular weight is 310 g/mol. The molecule has 0 aromatic rings. The van der Waals surface area contributed by atoms with Crippen LogP contribution in [-0.4, -0.2) is 64.2 Å². The fourth-order valence-electron chi connectivity index (χ4n) is 0.903. The second kappa shape index (κ2) is 6.65. The number of aldehydes is 1. The van der Waals surface area contributed by atoms with Crippen LogP contribution in [0.15, 0.2) is 0 Å². The van der Waals surface area contributed by atoms with Crippen molar-refractivity contribution in [3.8, 4) is 0 Å². The maximum atomic E-state index is 10.5. The first-order valence-corrected chi connectivity index (χ1v) is 7.03. The van der Waals surface area contributed by atoms with Crippen molar-refractivity contribution in [1.82, 2.24) is 0 Å². The van der Waals surface area contributed by atoms with Crippen LogP contribution in [0.1, 0.15) is 0 Å². The number of rotatable bonds is 8. The second-order valence-electron chi connectivity index (χ2n) is 2.94. The molecule has 0 aromatic carbocycles. The Labute approximate surface area is 101 Å². The molecule has 5 N–H and O–H groups in total. The molecule has 0 saturated heterocycles. The van der Waals surface area contributed by atoms with Crippen molar-refractivity contribution in [2.75, 3.05) is 6.61 Å². The summed E-state index contributed by atoms with van der Waals surface area (Å²) in [4.78, 5) is 27.4. The van der Waals surface area contributed by atoms with Gasteiger partial charge in [0.25, 0.3) is 0 Å². The van der Waals surface area contributed by atoms with Crippen LogP contribution in [0.4, 0.5) is 0 Å². The van der Waals surface area contributed by atoms with Crippen LogP contribution in [0.3, 0.4) is 0 Å². The van der Waals surface area contributed by atoms with E-state index >= 15 is 0 Å². The van der Waals surface area contributed by atoms with E-state index in [1.165, 1.54) is 0 Å². The van der Waals surface area contributed by atoms with Gasteiger partial charge in [0.15, 0.2) is 12.4 Å². The van der Waals surface area contributed by atoms with E-state index in [0.717, 1.165) is 0 Å². The number of carbonyl (C=O) groups excluding carboxylic acids is 1. The van der Waals surface area contributed by atoms with Crippen molar-refractivity contribution >= 4 is 24.5 Å². The van der Waals surface area contributed by atoms with E-state index in [1.54, 1.807) is 0 Å². The Hall–Kier alpha value is -0.430. The minimum Gasteiger partial charge on any atom is -0.394 e. The van der Waals surface area contributed by atoms with Gasteiger partial charge in [0.1, 0.15) is 12.2 Å². The summed E-state index contributed by atoms with van der Waals surface area (Å²) in [6, 6.07) is 0. The van der Waals surface area contributed by atoms with Crippen molar-refractivity contribution in [2.45, 2.75) is 18.3 Å². The molecular formula is C5H11O11PS. The lowest BCUT2D eigenvalue weighted by Gasteiger charge is -2.24. The number of phosphoric ester groups is 1. The highest BCUT2D eigenvalue weighted by Gasteiger charge is 2.37. The summed E-state index contributed by atoms with van der Waals surface area (Å²) in [7, 11) is -10.3. The zero-order valence-corrected chi connectivity index (χ0v) is 10.3. The van der Waals surface area contributed by atoms with Crippen LogP contribution in [0.25, 0.3) is 0 Å². The van der Waals surface area contributed by atoms with Crippen LogP contribution in [0, 0.1) is 0 Å². The van der Waals surface area contributed by atoms with Gasteiger partial charge in [-0.1, -0.05) is 0 Å². The average Bonchev–Trinajstić information content (AvgIpc) is 2.19. The van der Waals surface area contributed by atoms with Crippen molar-refractivity contribution in [1.29, 1.82) is 0 Å². The Morgan fingerprint density at radius 1 is 1.33 bits per heavy atom. The maximum absolute atomic E-state index is 10.5. The Balaban J connectivity index is 5.14. The number of aliphatic hydroxyl groups is 2. The molecule has 0 aliphatic rings. The molecule has 0 aromatic heterocycles. The third kappa shape index (κ3) is 7.10. The van der Waals surface area contributed by atoms with Crippen LogP contribution in [-0.2, 0) is 28.5 Å². The number of hydrogen-bond acceptors (Lipinski definition) is 8. The van der Waals surface area contributed by atoms with Gasteiger partial charge in [0, 0.05) is 0 Å². The van der Waals surface area contributed by atoms with Crippen molar-refractivity contribution in [3.63, 3.8) is 0 Å². The van der Waals surface area contributed by atoms with Crippen LogP contribution in [0.5, 0.6) is 0 Å². The predicted octanol–water partition coefficient (Wildman–Crippen LogP) is -2.80. The molecule has 0 amide bonds. The summed E-state index contributed by atoms with van der Waals surface area (Å²) < 4.78 is 47.3. The standard InChI is InChI=1S/C5H11O11PS/c6-1-3(8)5(16-18(12,13)14)4(2-7)15-17(9,10)11/h2-6,8H,1H2,(H2,9,10,11)(H,12,13,14)/t3-,4-,5+/m1/s1. The monoisotopic (exact) mass is 310 g/mol. The first-order valence-electron chi connectivity index (χ1n) is 4.14. The van der Waals surface area contributed by atoms with Gasteiger partial charge < -0.3 is 24.8 Å². The molecule has 108 valence electrons. The third-order valence-electron chi connectivity index (χ3n) is 1.52. The number of phosphoric acid groups is 1. The van der Waals surface area contributed by atoms with Gasteiger partial charge in [0.05, 0.1) is 6.61 Å². The van der Waals surface area contributed by atoms with Gasteiger partial charge in [-0.15, -0.1) is 0 Å². The van der Waals surface area contributed by atoms with E-state index < -0.39 is 43.1 Å². The zero-order chi connectivity index (χ0) is 14.6. The first kappa shape index (κ1) is 17.6. The molecule has 0 heterocycles. The van der Waals surface area contributed by atoms with Gasteiger partial charge in [-0.2, -0.15) is 8.42 Å². The molecule has 0 aliphatic carbocycles. The quantitative estimate of drug-likeness (QED) is 0.177. The van der Waals surface area contributed by atoms with E-state index in [9.17, 15) is 17.8 Å². The minimum atomic E-state index is -5.19. The normalized spacial score (nSPS) is 18.1. The van der Waals surface area contributed by atoms with E-state index in [-0.39, 0.29) is 6.29 Å². The van der Waals surface area contributed by atoms with Gasteiger partial charge >= 0.3 is 18.2 Å². The van der Waals surface area contributed by atoms with Crippen LogP contribution < -0.4 is 0 Å². The molecule has 0 spiro atoms. The number of carbonyl (C=O) groups is 1. The van der Waals surface area contributed by atoms with Gasteiger partial charge in [-0.05, 0) is 0 Å². The summed E-state index contributed by atoms with van der Waals surface area (Å²) in [6.45, 7) is -1.12. The fourth-order valence-corrected chi connectivity index (χ4v) is 1.91. The molecule has 0 fully saturated rings. The molecule has 0 saturated carbocycles. The van der Waals surface area contributed by atoms with Gasteiger partial charge in [-0.25, -0.2) is 8.75 Å². The van der Waals surface area contributed by atoms with Gasteiger partial charge in [-0.3, -0.25) is 9.08 Å². The largest absolute Gasteiger partial charge is 0.470 e. The highest BCUT2D eigenvalue weighted by Crippen LogP contribution is 2.38. The summed E-state index contributed by atoms with van der Waals surface area (Å²) in [5.74, 6) is 0. The molecule has 0 aliphatic heterocycles. The topological polar surface area (TPSA) is 188 Å². The maximum Gasteiger partial charge on any atom is 0.470 e. The van der Waals surface area contributed by atoms with E-state index in [1.807, 2.05) is 0 Å². The number of aliphatic hydroxyl groups excluding tert-OH is 2. The molecule has 0 radical (unpaired) electrons. The SMILES string of the molecule is O=C[C@@H](OP(=O)(O)O)[C@@H](OS(=O)(=O)O)[C@H](O)CO. The Kier molecular flexibility index (Phi) is 6.50. The smallest absolute Gasteiger partial charge is 0.394 e. The van der Waals surface area contributed by atoms with Crippen molar-refractivity contribution in [2.24, 2.45) is 0 Å². The summed E-state index contributed by atoms with van der Waals surface area (Å²) >= 11 is 0.